The summed E-state index contributed by atoms with van der Waals surface area (Å²) in [5.74, 6) is 1.47. The van der Waals surface area contributed by atoms with Crippen LogP contribution in [0, 0.1) is 11.8 Å². The molecule has 0 radical (unpaired) electrons. The van der Waals surface area contributed by atoms with Crippen LogP contribution in [0.1, 0.15) is 47.0 Å². The van der Waals surface area contributed by atoms with Gasteiger partial charge in [-0.2, -0.15) is 0 Å². The van der Waals surface area contributed by atoms with Gasteiger partial charge in [0.1, 0.15) is 0 Å². The summed E-state index contributed by atoms with van der Waals surface area (Å²) in [6.07, 6.45) is 8.56. The predicted molar refractivity (Wildman–Crippen MR) is 59.7 cm³/mol. The molecule has 0 fully saturated rings. The van der Waals surface area contributed by atoms with E-state index in [2.05, 4.69) is 39.8 Å². The van der Waals surface area contributed by atoms with Crippen molar-refractivity contribution in [3.05, 3.63) is 23.3 Å². The summed E-state index contributed by atoms with van der Waals surface area (Å²) in [5, 5.41) is 0. The van der Waals surface area contributed by atoms with Crippen LogP contribution in [-0.4, -0.2) is 0 Å². The third-order valence-electron chi connectivity index (χ3n) is 2.90. The Kier molecular flexibility index (Phi) is 3.77. The maximum absolute atomic E-state index is 2.40. The Labute approximate surface area is 82.7 Å². The highest BCUT2D eigenvalue weighted by atomic mass is 14.3. The third-order valence-corrected chi connectivity index (χ3v) is 2.90. The van der Waals surface area contributed by atoms with Gasteiger partial charge in [-0.05, 0) is 30.3 Å². The van der Waals surface area contributed by atoms with Crippen molar-refractivity contribution in [3.63, 3.8) is 0 Å². The first-order chi connectivity index (χ1) is 6.20. The lowest BCUT2D eigenvalue weighted by Gasteiger charge is -2.18. The van der Waals surface area contributed by atoms with Crippen LogP contribution in [0.3, 0.4) is 0 Å². The van der Waals surface area contributed by atoms with Crippen molar-refractivity contribution in [2.75, 3.05) is 0 Å². The van der Waals surface area contributed by atoms with Crippen LogP contribution in [0.15, 0.2) is 23.3 Å². The maximum Gasteiger partial charge on any atom is -0.00118 e. The fourth-order valence-corrected chi connectivity index (χ4v) is 2.35. The zero-order valence-corrected chi connectivity index (χ0v) is 9.43. The molecule has 0 aromatic carbocycles. The summed E-state index contributed by atoms with van der Waals surface area (Å²) < 4.78 is 0. The molecule has 0 aromatic rings. The summed E-state index contributed by atoms with van der Waals surface area (Å²) >= 11 is 0. The lowest BCUT2D eigenvalue weighted by Crippen LogP contribution is -2.05. The van der Waals surface area contributed by atoms with Gasteiger partial charge in [-0.15, -0.1) is 0 Å². The predicted octanol–water partition coefficient (Wildman–Crippen LogP) is 4.34. The van der Waals surface area contributed by atoms with Gasteiger partial charge in [0.05, 0.1) is 0 Å². The molecule has 13 heavy (non-hydrogen) atoms. The minimum absolute atomic E-state index is 0.724. The molecule has 0 heterocycles. The lowest BCUT2D eigenvalue weighted by atomic mass is 9.87. The average molecular weight is 178 g/mol. The lowest BCUT2D eigenvalue weighted by molar-refractivity contribution is 0.583. The quantitative estimate of drug-likeness (QED) is 0.601. The third kappa shape index (κ3) is 2.24. The van der Waals surface area contributed by atoms with Gasteiger partial charge in [0, 0.05) is 0 Å². The molecule has 0 saturated heterocycles. The van der Waals surface area contributed by atoms with Gasteiger partial charge in [-0.1, -0.05) is 51.8 Å². The van der Waals surface area contributed by atoms with Gasteiger partial charge in [-0.25, -0.2) is 0 Å². The molecule has 0 bridgehead atoms. The molecule has 1 unspecified atom stereocenters. The smallest absolute Gasteiger partial charge is 0.00118 e. The van der Waals surface area contributed by atoms with Crippen LogP contribution in [0.2, 0.25) is 0 Å². The molecule has 0 spiro atoms. The van der Waals surface area contributed by atoms with Crippen LogP contribution < -0.4 is 0 Å². The van der Waals surface area contributed by atoms with Crippen molar-refractivity contribution < 1.29 is 0 Å². The van der Waals surface area contributed by atoms with E-state index in [1.54, 1.807) is 11.1 Å². The topological polar surface area (TPSA) is 0 Å². The second-order valence-electron chi connectivity index (χ2n) is 4.24. The van der Waals surface area contributed by atoms with E-state index >= 15 is 0 Å². The Morgan fingerprint density at radius 1 is 1.31 bits per heavy atom. The molecular weight excluding hydrogens is 156 g/mol. The average Bonchev–Trinajstić information content (AvgIpc) is 2.48. The van der Waals surface area contributed by atoms with Crippen molar-refractivity contribution in [3.8, 4) is 0 Å². The van der Waals surface area contributed by atoms with E-state index in [0.29, 0.717) is 0 Å². The minimum atomic E-state index is 0.724. The molecule has 0 nitrogen and oxygen atoms in total. The normalized spacial score (nSPS) is 22.1. The first-order valence-electron chi connectivity index (χ1n) is 5.61. The zero-order chi connectivity index (χ0) is 9.84. The summed E-state index contributed by atoms with van der Waals surface area (Å²) in [7, 11) is 0. The number of hydrogen-bond acceptors (Lipinski definition) is 0. The Hall–Kier alpha value is -0.520. The van der Waals surface area contributed by atoms with Crippen LogP contribution >= 0.6 is 0 Å². The number of rotatable bonds is 4. The van der Waals surface area contributed by atoms with Crippen LogP contribution in [-0.2, 0) is 0 Å². The first kappa shape index (κ1) is 10.6. The fourth-order valence-electron chi connectivity index (χ4n) is 2.35. The van der Waals surface area contributed by atoms with Crippen molar-refractivity contribution in [1.29, 1.82) is 0 Å². The van der Waals surface area contributed by atoms with E-state index < -0.39 is 0 Å². The fraction of sp³-hybridized carbons (Fsp3) is 0.692. The SMILES string of the molecule is CCCC1C=CC(CC)=C1C(C)C. The van der Waals surface area contributed by atoms with Gasteiger partial charge in [0.25, 0.3) is 0 Å². The van der Waals surface area contributed by atoms with Gasteiger partial charge >= 0.3 is 0 Å². The highest BCUT2D eigenvalue weighted by Gasteiger charge is 2.20. The van der Waals surface area contributed by atoms with Gasteiger partial charge in [0.15, 0.2) is 0 Å². The number of allylic oxidation sites excluding steroid dienone is 4. The monoisotopic (exact) mass is 178 g/mol. The summed E-state index contributed by atoms with van der Waals surface area (Å²) in [6, 6.07) is 0. The number of hydrogen-bond donors (Lipinski definition) is 0. The molecule has 1 aliphatic carbocycles. The molecule has 0 saturated carbocycles. The van der Waals surface area contributed by atoms with Gasteiger partial charge in [0.2, 0.25) is 0 Å². The van der Waals surface area contributed by atoms with E-state index in [0.717, 1.165) is 11.8 Å². The Morgan fingerprint density at radius 2 is 2.00 bits per heavy atom. The Morgan fingerprint density at radius 3 is 2.46 bits per heavy atom. The molecule has 0 aliphatic heterocycles. The minimum Gasteiger partial charge on any atom is -0.0770 e. The largest absolute Gasteiger partial charge is 0.0770 e. The molecular formula is C13H22. The van der Waals surface area contributed by atoms with E-state index in [4.69, 9.17) is 0 Å². The molecule has 0 N–H and O–H groups in total. The van der Waals surface area contributed by atoms with Crippen molar-refractivity contribution in [2.45, 2.75) is 47.0 Å². The van der Waals surface area contributed by atoms with Crippen LogP contribution in [0.4, 0.5) is 0 Å². The van der Waals surface area contributed by atoms with Gasteiger partial charge in [-0.3, -0.25) is 0 Å². The first-order valence-corrected chi connectivity index (χ1v) is 5.61. The second kappa shape index (κ2) is 4.64. The highest BCUT2D eigenvalue weighted by Crippen LogP contribution is 2.35. The standard InChI is InChI=1S/C13H22/c1-5-7-12-9-8-11(6-2)13(12)10(3)4/h8-10,12H,5-7H2,1-4H3. The Balaban J connectivity index is 2.80. The second-order valence-corrected chi connectivity index (χ2v) is 4.24. The van der Waals surface area contributed by atoms with E-state index in [9.17, 15) is 0 Å². The molecule has 1 atom stereocenters. The summed E-state index contributed by atoms with van der Waals surface area (Å²) in [4.78, 5) is 0. The Bertz CT molecular complexity index is 218. The van der Waals surface area contributed by atoms with E-state index in [1.165, 1.54) is 19.3 Å². The zero-order valence-electron chi connectivity index (χ0n) is 9.43. The van der Waals surface area contributed by atoms with Crippen molar-refractivity contribution in [1.82, 2.24) is 0 Å². The highest BCUT2D eigenvalue weighted by molar-refractivity contribution is 5.37. The summed E-state index contributed by atoms with van der Waals surface area (Å²) in [5.41, 5.74) is 3.29. The van der Waals surface area contributed by atoms with Crippen molar-refractivity contribution in [2.24, 2.45) is 11.8 Å². The molecule has 1 aliphatic rings. The van der Waals surface area contributed by atoms with Crippen LogP contribution in [0.25, 0.3) is 0 Å². The molecule has 0 aromatic heterocycles. The maximum atomic E-state index is 2.40. The van der Waals surface area contributed by atoms with Crippen LogP contribution in [0.5, 0.6) is 0 Å². The molecule has 0 amide bonds. The summed E-state index contributed by atoms with van der Waals surface area (Å²) in [6.45, 7) is 9.17. The molecule has 0 heteroatoms. The van der Waals surface area contributed by atoms with E-state index in [1.807, 2.05) is 0 Å². The van der Waals surface area contributed by atoms with E-state index in [-0.39, 0.29) is 0 Å². The molecule has 1 rings (SSSR count). The molecule has 74 valence electrons. The van der Waals surface area contributed by atoms with Gasteiger partial charge < -0.3 is 0 Å². The van der Waals surface area contributed by atoms with Crippen molar-refractivity contribution >= 4 is 0 Å².